The monoisotopic (exact) mass is 473 g/mol. The zero-order chi connectivity index (χ0) is 24.2. The number of imidazole rings is 1. The average Bonchev–Trinajstić information content (AvgIpc) is 3.47. The van der Waals surface area contributed by atoms with Crippen molar-refractivity contribution in [1.29, 1.82) is 0 Å². The van der Waals surface area contributed by atoms with Gasteiger partial charge in [-0.25, -0.2) is 14.5 Å². The molecule has 2 heterocycles. The van der Waals surface area contributed by atoms with E-state index < -0.39 is 23.3 Å². The Labute approximate surface area is 199 Å². The largest absolute Gasteiger partial charge is 0.760 e. The summed E-state index contributed by atoms with van der Waals surface area (Å²) in [6.45, 7) is 1.84. The Bertz CT molecular complexity index is 1410. The Kier molecular flexibility index (Phi) is 6.75. The van der Waals surface area contributed by atoms with Crippen LogP contribution in [0.15, 0.2) is 73.2 Å². The molecule has 0 amide bonds. The summed E-state index contributed by atoms with van der Waals surface area (Å²) in [5.74, 6) is 5.89. The lowest BCUT2D eigenvalue weighted by atomic mass is 10.0. The number of carboxylic acids is 1. The van der Waals surface area contributed by atoms with Gasteiger partial charge in [-0.2, -0.15) is 0 Å². The summed E-state index contributed by atoms with van der Waals surface area (Å²) in [5, 5.41) is 9.62. The molecule has 0 fully saturated rings. The van der Waals surface area contributed by atoms with Gasteiger partial charge in [0.05, 0.1) is 29.2 Å². The molecule has 8 nitrogen and oxygen atoms in total. The van der Waals surface area contributed by atoms with Gasteiger partial charge in [-0.1, -0.05) is 30.0 Å². The molecule has 0 aliphatic carbocycles. The van der Waals surface area contributed by atoms with Crippen molar-refractivity contribution in [2.24, 2.45) is 7.05 Å². The van der Waals surface area contributed by atoms with Gasteiger partial charge in [0.1, 0.15) is 5.82 Å². The molecule has 2 N–H and O–H groups in total. The molecule has 0 saturated carbocycles. The molecule has 172 valence electrons. The predicted octanol–water partition coefficient (Wildman–Crippen LogP) is 3.09. The molecule has 4 rings (SSSR count). The van der Waals surface area contributed by atoms with Crippen LogP contribution in [0, 0.1) is 18.8 Å². The number of carboxylic acid groups (broad SMARTS) is 1. The first-order valence-corrected chi connectivity index (χ1v) is 11.4. The lowest BCUT2D eigenvalue weighted by molar-refractivity contribution is 0.0697. The Balaban J connectivity index is 1.68. The third-order valence-electron chi connectivity index (χ3n) is 5.48. The summed E-state index contributed by atoms with van der Waals surface area (Å²) < 4.78 is 28.9. The van der Waals surface area contributed by atoms with Crippen molar-refractivity contribution in [3.05, 3.63) is 107 Å². The molecule has 0 bridgehead atoms. The Morgan fingerprint density at radius 2 is 1.82 bits per heavy atom. The van der Waals surface area contributed by atoms with E-state index in [0.717, 1.165) is 11.4 Å². The third-order valence-corrected chi connectivity index (χ3v) is 5.91. The molecular formula is C25H21N4O4S-. The molecule has 0 radical (unpaired) electrons. The smallest absolute Gasteiger partial charge is 0.337 e. The lowest BCUT2D eigenvalue weighted by Gasteiger charge is -2.21. The van der Waals surface area contributed by atoms with Crippen LogP contribution in [0.2, 0.25) is 0 Å². The number of aromatic carboxylic acids is 1. The van der Waals surface area contributed by atoms with E-state index in [4.69, 9.17) is 0 Å². The predicted molar refractivity (Wildman–Crippen MR) is 127 cm³/mol. The molecular weight excluding hydrogens is 452 g/mol. The van der Waals surface area contributed by atoms with Crippen molar-refractivity contribution < 1.29 is 18.7 Å². The van der Waals surface area contributed by atoms with E-state index in [1.54, 1.807) is 65.6 Å². The minimum atomic E-state index is -2.47. The van der Waals surface area contributed by atoms with E-state index in [1.807, 2.05) is 30.7 Å². The number of benzene rings is 2. The Hall–Kier alpha value is -3.97. The summed E-state index contributed by atoms with van der Waals surface area (Å²) in [4.78, 5) is 16.0. The van der Waals surface area contributed by atoms with Gasteiger partial charge >= 0.3 is 5.97 Å². The quantitative estimate of drug-likeness (QED) is 0.330. The fraction of sp³-hybridized carbons (Fsp3) is 0.120. The van der Waals surface area contributed by atoms with Crippen molar-refractivity contribution in [2.45, 2.75) is 13.0 Å². The molecule has 0 aliphatic rings. The van der Waals surface area contributed by atoms with Crippen LogP contribution < -0.4 is 4.72 Å². The number of para-hydroxylation sites is 1. The van der Waals surface area contributed by atoms with Crippen molar-refractivity contribution in [1.82, 2.24) is 18.8 Å². The summed E-state index contributed by atoms with van der Waals surface area (Å²) in [6.07, 6.45) is 5.19. The van der Waals surface area contributed by atoms with Gasteiger partial charge in [0, 0.05) is 41.8 Å². The maximum atomic E-state index is 11.7. The number of nitrogens with zero attached hydrogens (tertiary/aromatic N) is 3. The number of nitrogens with one attached hydrogen (secondary N) is 1. The normalized spacial score (nSPS) is 12.6. The van der Waals surface area contributed by atoms with E-state index in [-0.39, 0.29) is 5.56 Å². The molecule has 2 atom stereocenters. The van der Waals surface area contributed by atoms with E-state index in [0.29, 0.717) is 22.5 Å². The molecule has 9 heteroatoms. The summed E-state index contributed by atoms with van der Waals surface area (Å²) in [5.41, 5.74) is 3.38. The fourth-order valence-corrected chi connectivity index (χ4v) is 4.11. The van der Waals surface area contributed by atoms with Crippen LogP contribution in [0.5, 0.6) is 0 Å². The van der Waals surface area contributed by atoms with E-state index >= 15 is 0 Å². The topological polar surface area (TPSA) is 112 Å². The first kappa shape index (κ1) is 23.2. The number of aromatic nitrogens is 3. The average molecular weight is 474 g/mol. The van der Waals surface area contributed by atoms with Crippen molar-refractivity contribution in [2.75, 3.05) is 0 Å². The van der Waals surface area contributed by atoms with Gasteiger partial charge in [0.2, 0.25) is 0 Å². The Morgan fingerprint density at radius 1 is 1.12 bits per heavy atom. The molecule has 0 saturated heterocycles. The highest BCUT2D eigenvalue weighted by atomic mass is 32.2. The minimum absolute atomic E-state index is 0.157. The third kappa shape index (κ3) is 4.84. The van der Waals surface area contributed by atoms with Gasteiger partial charge < -0.3 is 18.8 Å². The van der Waals surface area contributed by atoms with E-state index in [9.17, 15) is 18.7 Å². The van der Waals surface area contributed by atoms with Gasteiger partial charge in [-0.3, -0.25) is 4.21 Å². The van der Waals surface area contributed by atoms with Crippen molar-refractivity contribution >= 4 is 17.2 Å². The highest BCUT2D eigenvalue weighted by Gasteiger charge is 2.19. The van der Waals surface area contributed by atoms with Crippen LogP contribution in [0.25, 0.3) is 5.69 Å². The minimum Gasteiger partial charge on any atom is -0.760 e. The van der Waals surface area contributed by atoms with Crippen LogP contribution in [0.4, 0.5) is 0 Å². The van der Waals surface area contributed by atoms with Crippen molar-refractivity contribution in [3.8, 4) is 17.5 Å². The van der Waals surface area contributed by atoms with Gasteiger partial charge in [0.15, 0.2) is 0 Å². The van der Waals surface area contributed by atoms with Crippen LogP contribution >= 0.6 is 0 Å². The maximum Gasteiger partial charge on any atom is 0.337 e. The number of hydrogen-bond acceptors (Lipinski definition) is 4. The molecule has 2 aromatic carbocycles. The fourth-order valence-electron chi connectivity index (χ4n) is 3.66. The van der Waals surface area contributed by atoms with Crippen LogP contribution in [-0.2, 0) is 18.3 Å². The van der Waals surface area contributed by atoms with Crippen LogP contribution in [0.1, 0.15) is 44.6 Å². The standard InChI is InChI=1S/C25H22N4O4S/c1-17-26-16-22(28(17)2)23(27-34(32)33)19-11-8-18(9-12-19)10-13-20-6-5-7-21(25(30)31)24(20)29-14-3-4-15-29/h3-9,11-12,14-16,23,27H,1-2H3,(H,30,31)(H,32,33)/p-1. The van der Waals surface area contributed by atoms with Crippen LogP contribution in [0.3, 0.4) is 0 Å². The highest BCUT2D eigenvalue weighted by Crippen LogP contribution is 2.24. The van der Waals surface area contributed by atoms with Gasteiger partial charge in [-0.15, -0.1) is 0 Å². The Morgan fingerprint density at radius 3 is 2.41 bits per heavy atom. The number of carbonyl (C=O) groups is 1. The van der Waals surface area contributed by atoms with Gasteiger partial charge in [0.25, 0.3) is 0 Å². The van der Waals surface area contributed by atoms with Crippen LogP contribution in [-0.4, -0.2) is 34.0 Å². The second kappa shape index (κ2) is 9.89. The molecule has 0 spiro atoms. The zero-order valence-electron chi connectivity index (χ0n) is 18.4. The SMILES string of the molecule is Cc1ncc(C(NS(=O)[O-])c2ccc(C#Cc3cccc(C(=O)O)c3-n3cccc3)cc2)n1C. The molecule has 34 heavy (non-hydrogen) atoms. The van der Waals surface area contributed by atoms with E-state index in [1.165, 1.54) is 0 Å². The summed E-state index contributed by atoms with van der Waals surface area (Å²) in [6, 6.07) is 15.2. The second-order valence-corrected chi connectivity index (χ2v) is 8.25. The lowest BCUT2D eigenvalue weighted by Crippen LogP contribution is -2.26. The maximum absolute atomic E-state index is 11.7. The second-order valence-electron chi connectivity index (χ2n) is 7.54. The highest BCUT2D eigenvalue weighted by molar-refractivity contribution is 7.77. The van der Waals surface area contributed by atoms with Crippen molar-refractivity contribution in [3.63, 3.8) is 0 Å². The van der Waals surface area contributed by atoms with Gasteiger partial charge in [-0.05, 0) is 48.9 Å². The summed E-state index contributed by atoms with van der Waals surface area (Å²) >= 11 is -2.47. The van der Waals surface area contributed by atoms with E-state index in [2.05, 4.69) is 21.5 Å². The first-order chi connectivity index (χ1) is 16.3. The molecule has 4 aromatic rings. The molecule has 0 aliphatic heterocycles. The molecule has 2 aromatic heterocycles. The zero-order valence-corrected chi connectivity index (χ0v) is 19.2. The first-order valence-electron chi connectivity index (χ1n) is 10.3. The summed E-state index contributed by atoms with van der Waals surface area (Å²) in [7, 11) is 1.83. The number of aryl methyl sites for hydroxylation is 1. The number of hydrogen-bond donors (Lipinski definition) is 2. The molecule has 2 unspecified atom stereocenters. The number of rotatable bonds is 6.